The summed E-state index contributed by atoms with van der Waals surface area (Å²) in [5.74, 6) is 0.567. The van der Waals surface area contributed by atoms with Crippen molar-refractivity contribution in [1.82, 2.24) is 10.2 Å². The summed E-state index contributed by atoms with van der Waals surface area (Å²) in [7, 11) is 1.60. The Kier molecular flexibility index (Phi) is 7.11. The lowest BCUT2D eigenvalue weighted by molar-refractivity contribution is -0.141. The number of likely N-dealkylation sites (tertiary alicyclic amines) is 1. The zero-order chi connectivity index (χ0) is 23.3. The molecule has 1 unspecified atom stereocenters. The van der Waals surface area contributed by atoms with Crippen molar-refractivity contribution in [1.29, 1.82) is 0 Å². The number of rotatable bonds is 7. The number of aryl methyl sites for hydroxylation is 1. The minimum atomic E-state index is -0.941. The van der Waals surface area contributed by atoms with Crippen LogP contribution in [0, 0.1) is 5.92 Å². The monoisotopic (exact) mass is 447 g/mol. The summed E-state index contributed by atoms with van der Waals surface area (Å²) >= 11 is 0. The van der Waals surface area contributed by atoms with Gasteiger partial charge < -0.3 is 15.1 Å². The molecule has 2 amide bonds. The average Bonchev–Trinajstić information content (AvgIpc) is 3.25. The van der Waals surface area contributed by atoms with Gasteiger partial charge >= 0.3 is 0 Å². The van der Waals surface area contributed by atoms with E-state index in [9.17, 15) is 9.59 Å². The Bertz CT molecular complexity index is 1010. The van der Waals surface area contributed by atoms with Crippen molar-refractivity contribution in [3.63, 3.8) is 0 Å². The molecule has 174 valence electrons. The van der Waals surface area contributed by atoms with E-state index in [0.29, 0.717) is 25.2 Å². The highest BCUT2D eigenvalue weighted by Crippen LogP contribution is 2.27. The van der Waals surface area contributed by atoms with E-state index in [1.165, 1.54) is 5.56 Å². The van der Waals surface area contributed by atoms with E-state index in [4.69, 9.17) is 4.84 Å². The van der Waals surface area contributed by atoms with Crippen LogP contribution in [0.25, 0.3) is 0 Å². The number of hydrogen-bond donors (Lipinski definition) is 1. The molecule has 2 aliphatic heterocycles. The van der Waals surface area contributed by atoms with Gasteiger partial charge in [0.2, 0.25) is 5.60 Å². The molecule has 0 radical (unpaired) electrons. The maximum atomic E-state index is 13.3. The number of nitrogens with one attached hydrogen (secondary N) is 1. The highest BCUT2D eigenvalue weighted by atomic mass is 16.7. The molecule has 1 N–H and O–H groups in total. The van der Waals surface area contributed by atoms with E-state index >= 15 is 0 Å². The summed E-state index contributed by atoms with van der Waals surface area (Å²) in [5, 5.41) is 6.77. The van der Waals surface area contributed by atoms with Crippen LogP contribution in [0.4, 0.5) is 0 Å². The molecule has 4 rings (SSSR count). The molecular formula is C27H33N3O3. The molecule has 6 nitrogen and oxygen atoms in total. The fourth-order valence-electron chi connectivity index (χ4n) is 4.82. The second-order valence-electron chi connectivity index (χ2n) is 9.32. The Morgan fingerprint density at radius 2 is 1.76 bits per heavy atom. The predicted octanol–water partition coefficient (Wildman–Crippen LogP) is 4.00. The van der Waals surface area contributed by atoms with Crippen LogP contribution in [0.1, 0.15) is 54.1 Å². The molecule has 1 fully saturated rings. The lowest BCUT2D eigenvalue weighted by Gasteiger charge is -2.32. The first-order valence-electron chi connectivity index (χ1n) is 11.9. The largest absolute Gasteiger partial charge is 0.379 e. The van der Waals surface area contributed by atoms with E-state index < -0.39 is 5.60 Å². The summed E-state index contributed by atoms with van der Waals surface area (Å²) in [6, 6.07) is 18.4. The molecule has 0 spiro atoms. The van der Waals surface area contributed by atoms with Gasteiger partial charge in [-0.1, -0.05) is 53.7 Å². The molecule has 1 saturated heterocycles. The molecule has 0 aliphatic carbocycles. The van der Waals surface area contributed by atoms with Gasteiger partial charge in [0.05, 0.1) is 5.71 Å². The summed E-state index contributed by atoms with van der Waals surface area (Å²) in [6.45, 7) is 3.35. The smallest absolute Gasteiger partial charge is 0.266 e. The molecule has 2 aromatic carbocycles. The van der Waals surface area contributed by atoms with Crippen molar-refractivity contribution in [2.45, 2.75) is 51.0 Å². The molecule has 0 aromatic heterocycles. The molecule has 6 heteroatoms. The summed E-state index contributed by atoms with van der Waals surface area (Å²) in [4.78, 5) is 32.8. The second kappa shape index (κ2) is 10.2. The highest BCUT2D eigenvalue weighted by molar-refractivity contribution is 5.97. The number of amides is 2. The average molecular weight is 448 g/mol. The Morgan fingerprint density at radius 3 is 2.48 bits per heavy atom. The van der Waals surface area contributed by atoms with Crippen LogP contribution in [0.3, 0.4) is 0 Å². The van der Waals surface area contributed by atoms with E-state index in [1.807, 2.05) is 29.2 Å². The van der Waals surface area contributed by atoms with Crippen LogP contribution in [0.15, 0.2) is 59.8 Å². The second-order valence-corrected chi connectivity index (χ2v) is 9.32. The quantitative estimate of drug-likeness (QED) is 0.698. The minimum absolute atomic E-state index is 0.114. The van der Waals surface area contributed by atoms with Crippen molar-refractivity contribution in [3.8, 4) is 0 Å². The van der Waals surface area contributed by atoms with Gasteiger partial charge in [-0.15, -0.1) is 0 Å². The van der Waals surface area contributed by atoms with Crippen LogP contribution >= 0.6 is 0 Å². The van der Waals surface area contributed by atoms with Crippen molar-refractivity contribution in [2.24, 2.45) is 11.1 Å². The van der Waals surface area contributed by atoms with Crippen molar-refractivity contribution >= 4 is 17.5 Å². The van der Waals surface area contributed by atoms with Gasteiger partial charge in [-0.25, -0.2) is 0 Å². The molecule has 0 bridgehead atoms. The highest BCUT2D eigenvalue weighted by Gasteiger charge is 2.41. The van der Waals surface area contributed by atoms with Crippen LogP contribution in [0.5, 0.6) is 0 Å². The third kappa shape index (κ3) is 5.44. The topological polar surface area (TPSA) is 71.0 Å². The van der Waals surface area contributed by atoms with E-state index in [-0.39, 0.29) is 11.8 Å². The number of carbonyl (C=O) groups is 2. The van der Waals surface area contributed by atoms with Crippen LogP contribution in [0.2, 0.25) is 0 Å². The molecule has 33 heavy (non-hydrogen) atoms. The number of nitrogens with zero attached hydrogens (tertiary/aromatic N) is 2. The lowest BCUT2D eigenvalue weighted by Crippen LogP contribution is -2.43. The third-order valence-corrected chi connectivity index (χ3v) is 6.82. The zero-order valence-electron chi connectivity index (χ0n) is 19.5. The van der Waals surface area contributed by atoms with Crippen molar-refractivity contribution < 1.29 is 14.4 Å². The van der Waals surface area contributed by atoms with Crippen molar-refractivity contribution in [3.05, 3.63) is 71.3 Å². The Labute approximate surface area is 196 Å². The summed E-state index contributed by atoms with van der Waals surface area (Å²) in [5.41, 5.74) is 3.07. The maximum Gasteiger partial charge on any atom is 0.266 e. The van der Waals surface area contributed by atoms with Crippen LogP contribution in [-0.4, -0.2) is 48.2 Å². The molecule has 0 saturated carbocycles. The van der Waals surface area contributed by atoms with Crippen LogP contribution in [-0.2, 0) is 22.5 Å². The fourth-order valence-corrected chi connectivity index (χ4v) is 4.82. The SMILES string of the molecule is CNC(=O)C1(C)CC(CCc2ccccc2C(=O)N2CCC(Cc3ccccc3)CC2)=NO1. The first-order valence-corrected chi connectivity index (χ1v) is 11.9. The Balaban J connectivity index is 1.33. The van der Waals surface area contributed by atoms with Crippen molar-refractivity contribution in [2.75, 3.05) is 20.1 Å². The number of likely N-dealkylation sites (N-methyl/N-ethyl adjacent to an activating group) is 1. The minimum Gasteiger partial charge on any atom is -0.379 e. The Morgan fingerprint density at radius 1 is 1.06 bits per heavy atom. The maximum absolute atomic E-state index is 13.3. The number of oxime groups is 1. The van der Waals surface area contributed by atoms with E-state index in [0.717, 1.165) is 49.2 Å². The van der Waals surface area contributed by atoms with Gasteiger partial charge in [0, 0.05) is 32.1 Å². The van der Waals surface area contributed by atoms with Gasteiger partial charge in [-0.3, -0.25) is 9.59 Å². The van der Waals surface area contributed by atoms with E-state index in [2.05, 4.69) is 40.8 Å². The van der Waals surface area contributed by atoms with Gasteiger partial charge in [0.1, 0.15) is 0 Å². The molecule has 1 atom stereocenters. The number of carbonyl (C=O) groups excluding carboxylic acids is 2. The first-order chi connectivity index (χ1) is 16.0. The normalized spacial score (nSPS) is 20.8. The predicted molar refractivity (Wildman–Crippen MR) is 129 cm³/mol. The molecule has 2 heterocycles. The van der Waals surface area contributed by atoms with Gasteiger partial charge in [0.25, 0.3) is 11.8 Å². The third-order valence-electron chi connectivity index (χ3n) is 6.82. The van der Waals surface area contributed by atoms with Gasteiger partial charge in [0.15, 0.2) is 0 Å². The van der Waals surface area contributed by atoms with Gasteiger partial charge in [-0.2, -0.15) is 0 Å². The zero-order valence-corrected chi connectivity index (χ0v) is 19.5. The number of benzene rings is 2. The Hall–Kier alpha value is -3.15. The van der Waals surface area contributed by atoms with Gasteiger partial charge in [-0.05, 0) is 62.1 Å². The first kappa shape index (κ1) is 23.0. The molecule has 2 aliphatic rings. The molecule has 2 aromatic rings. The van der Waals surface area contributed by atoms with Crippen LogP contribution < -0.4 is 5.32 Å². The number of hydrogen-bond acceptors (Lipinski definition) is 4. The standard InChI is InChI=1S/C27H33N3O3/c1-27(26(32)28-2)19-23(29-33-27)13-12-22-10-6-7-11-24(22)25(31)30-16-14-21(15-17-30)18-20-8-4-3-5-9-20/h3-11,21H,12-19H2,1-2H3,(H,28,32). The fraction of sp³-hybridized carbons (Fsp3) is 0.444. The molecular weight excluding hydrogens is 414 g/mol. The van der Waals surface area contributed by atoms with E-state index in [1.54, 1.807) is 14.0 Å². The lowest BCUT2D eigenvalue weighted by atomic mass is 9.89. The summed E-state index contributed by atoms with van der Waals surface area (Å²) in [6.07, 6.45) is 4.98. The number of piperidine rings is 1. The summed E-state index contributed by atoms with van der Waals surface area (Å²) < 4.78 is 0.